The molecule has 1 aromatic heterocycles. The molecule has 0 radical (unpaired) electrons. The third-order valence-corrected chi connectivity index (χ3v) is 3.88. The number of hydrogen-bond donors (Lipinski definition) is 1. The van der Waals surface area contributed by atoms with Crippen LogP contribution >= 0.6 is 11.3 Å². The van der Waals surface area contributed by atoms with E-state index in [4.69, 9.17) is 0 Å². The van der Waals surface area contributed by atoms with Gasteiger partial charge in [-0.1, -0.05) is 23.8 Å². The van der Waals surface area contributed by atoms with Gasteiger partial charge in [-0.25, -0.2) is 0 Å². The summed E-state index contributed by atoms with van der Waals surface area (Å²) in [6.07, 6.45) is 0. The molecule has 1 heterocycles. The van der Waals surface area contributed by atoms with E-state index in [2.05, 4.69) is 0 Å². The predicted octanol–water partition coefficient (Wildman–Crippen LogP) is 3.89. The van der Waals surface area contributed by atoms with Gasteiger partial charge in [-0.15, -0.1) is 11.3 Å². The topological polar surface area (TPSA) is 52.1 Å². The highest BCUT2D eigenvalue weighted by Crippen LogP contribution is 2.24. The van der Waals surface area contributed by atoms with Crippen LogP contribution in [0.1, 0.15) is 5.56 Å². The van der Waals surface area contributed by atoms with E-state index in [9.17, 15) is 4.79 Å². The molecule has 2 nitrogen and oxygen atoms in total. The number of fused-ring (bicyclic) bond motifs is 2. The lowest BCUT2D eigenvalue weighted by atomic mass is 10.1. The SMILES string of the molecule is Cc1ccc2sc3ccccc3c(=O)c2c1.N. The summed E-state index contributed by atoms with van der Waals surface area (Å²) in [6, 6.07) is 13.8. The summed E-state index contributed by atoms with van der Waals surface area (Å²) < 4.78 is 2.12. The second kappa shape index (κ2) is 4.28. The van der Waals surface area contributed by atoms with Crippen molar-refractivity contribution in [3.8, 4) is 0 Å². The Balaban J connectivity index is 0.00000108. The molecule has 0 aliphatic heterocycles. The molecule has 3 rings (SSSR count). The Kier molecular flexibility index (Phi) is 2.96. The summed E-state index contributed by atoms with van der Waals surface area (Å²) in [7, 11) is 0. The van der Waals surface area contributed by atoms with Crippen LogP contribution in [0.2, 0.25) is 0 Å². The third kappa shape index (κ3) is 1.84. The van der Waals surface area contributed by atoms with E-state index in [0.717, 1.165) is 25.7 Å². The van der Waals surface area contributed by atoms with Gasteiger partial charge in [0.25, 0.3) is 0 Å². The number of rotatable bonds is 0. The van der Waals surface area contributed by atoms with Crippen molar-refractivity contribution in [3.05, 3.63) is 58.3 Å². The normalized spacial score (nSPS) is 10.4. The first-order valence-corrected chi connectivity index (χ1v) is 5.99. The first-order valence-electron chi connectivity index (χ1n) is 5.18. The van der Waals surface area contributed by atoms with E-state index in [1.807, 2.05) is 49.4 Å². The van der Waals surface area contributed by atoms with Crippen molar-refractivity contribution < 1.29 is 0 Å². The second-order valence-electron chi connectivity index (χ2n) is 3.93. The molecule has 0 aliphatic rings. The predicted molar refractivity (Wildman–Crippen MR) is 75.4 cm³/mol. The van der Waals surface area contributed by atoms with Crippen LogP contribution in [0.4, 0.5) is 0 Å². The highest BCUT2D eigenvalue weighted by atomic mass is 32.1. The number of hydrogen-bond acceptors (Lipinski definition) is 3. The lowest BCUT2D eigenvalue weighted by molar-refractivity contribution is 1.51. The van der Waals surface area contributed by atoms with Gasteiger partial charge in [-0.2, -0.15) is 0 Å². The van der Waals surface area contributed by atoms with Crippen LogP contribution < -0.4 is 11.6 Å². The van der Waals surface area contributed by atoms with Gasteiger partial charge in [0, 0.05) is 20.2 Å². The standard InChI is InChI=1S/C14H10OS.H3N/c1-9-6-7-13-11(8-9)14(15)10-4-2-3-5-12(10)16-13;/h2-8H,1H3;1H3. The maximum absolute atomic E-state index is 12.2. The van der Waals surface area contributed by atoms with Crippen molar-refractivity contribution in [3.63, 3.8) is 0 Å². The monoisotopic (exact) mass is 243 g/mol. The van der Waals surface area contributed by atoms with E-state index < -0.39 is 0 Å². The molecule has 86 valence electrons. The van der Waals surface area contributed by atoms with Crippen molar-refractivity contribution >= 4 is 31.5 Å². The van der Waals surface area contributed by atoms with E-state index in [0.29, 0.717) is 0 Å². The minimum Gasteiger partial charge on any atom is -0.344 e. The molecule has 0 atom stereocenters. The van der Waals surface area contributed by atoms with Crippen LogP contribution in [0.25, 0.3) is 20.2 Å². The molecule has 0 unspecified atom stereocenters. The molecule has 0 saturated heterocycles. The minimum absolute atomic E-state index is 0. The summed E-state index contributed by atoms with van der Waals surface area (Å²) >= 11 is 1.67. The molecule has 3 N–H and O–H groups in total. The van der Waals surface area contributed by atoms with Crippen molar-refractivity contribution in [1.82, 2.24) is 6.15 Å². The van der Waals surface area contributed by atoms with E-state index in [1.165, 1.54) is 0 Å². The molecule has 17 heavy (non-hydrogen) atoms. The summed E-state index contributed by atoms with van der Waals surface area (Å²) in [5.41, 5.74) is 1.28. The lowest BCUT2D eigenvalue weighted by Crippen LogP contribution is -2.00. The van der Waals surface area contributed by atoms with Gasteiger partial charge in [0.2, 0.25) is 0 Å². The average molecular weight is 243 g/mol. The summed E-state index contributed by atoms with van der Waals surface area (Å²) in [4.78, 5) is 12.2. The fourth-order valence-corrected chi connectivity index (χ4v) is 2.97. The van der Waals surface area contributed by atoms with Crippen LogP contribution in [0, 0.1) is 6.92 Å². The van der Waals surface area contributed by atoms with Crippen LogP contribution in [-0.4, -0.2) is 0 Å². The summed E-state index contributed by atoms with van der Waals surface area (Å²) in [5, 5.41) is 1.66. The van der Waals surface area contributed by atoms with Crippen molar-refractivity contribution in [1.29, 1.82) is 0 Å². The first kappa shape index (κ1) is 11.8. The molecule has 3 heteroatoms. The molecule has 0 aliphatic carbocycles. The third-order valence-electron chi connectivity index (χ3n) is 2.73. The zero-order chi connectivity index (χ0) is 11.1. The molecule has 2 aromatic carbocycles. The summed E-state index contributed by atoms with van der Waals surface area (Å²) in [5.74, 6) is 0. The Labute approximate surface area is 103 Å². The van der Waals surface area contributed by atoms with Gasteiger partial charge < -0.3 is 6.15 Å². The summed E-state index contributed by atoms with van der Waals surface area (Å²) in [6.45, 7) is 2.01. The molecule has 3 aromatic rings. The molecule has 0 saturated carbocycles. The van der Waals surface area contributed by atoms with Gasteiger partial charge >= 0.3 is 0 Å². The Morgan fingerprint density at radius 3 is 2.47 bits per heavy atom. The van der Waals surface area contributed by atoms with Crippen molar-refractivity contribution in [2.75, 3.05) is 0 Å². The molecule has 0 spiro atoms. The van der Waals surface area contributed by atoms with E-state index in [1.54, 1.807) is 11.3 Å². The van der Waals surface area contributed by atoms with Crippen LogP contribution in [0.5, 0.6) is 0 Å². The van der Waals surface area contributed by atoms with Crippen molar-refractivity contribution in [2.24, 2.45) is 0 Å². The smallest absolute Gasteiger partial charge is 0.195 e. The van der Waals surface area contributed by atoms with Crippen LogP contribution in [0.15, 0.2) is 47.3 Å². The zero-order valence-electron chi connectivity index (χ0n) is 9.57. The van der Waals surface area contributed by atoms with Gasteiger partial charge in [0.1, 0.15) is 0 Å². The van der Waals surface area contributed by atoms with Crippen LogP contribution in [0.3, 0.4) is 0 Å². The van der Waals surface area contributed by atoms with Crippen LogP contribution in [-0.2, 0) is 0 Å². The Morgan fingerprint density at radius 2 is 1.65 bits per heavy atom. The van der Waals surface area contributed by atoms with E-state index >= 15 is 0 Å². The van der Waals surface area contributed by atoms with Gasteiger partial charge in [0.05, 0.1) is 0 Å². The Morgan fingerprint density at radius 1 is 0.941 bits per heavy atom. The quantitative estimate of drug-likeness (QED) is 0.609. The Bertz CT molecular complexity index is 746. The lowest BCUT2D eigenvalue weighted by Gasteiger charge is -2.01. The molecular weight excluding hydrogens is 230 g/mol. The minimum atomic E-state index is 0. The van der Waals surface area contributed by atoms with E-state index in [-0.39, 0.29) is 11.6 Å². The number of aryl methyl sites for hydroxylation is 1. The van der Waals surface area contributed by atoms with Crippen molar-refractivity contribution in [2.45, 2.75) is 6.92 Å². The molecule has 0 fully saturated rings. The first-order chi connectivity index (χ1) is 7.75. The average Bonchev–Trinajstić information content (AvgIpc) is 2.31. The molecule has 0 amide bonds. The number of benzene rings is 2. The molecule has 0 bridgehead atoms. The van der Waals surface area contributed by atoms with Gasteiger partial charge in [-0.3, -0.25) is 4.79 Å². The Hall–Kier alpha value is -1.71. The highest BCUT2D eigenvalue weighted by Gasteiger charge is 2.04. The fraction of sp³-hybridized carbons (Fsp3) is 0.0714. The molecular formula is C14H13NOS. The maximum atomic E-state index is 12.2. The maximum Gasteiger partial charge on any atom is 0.195 e. The zero-order valence-corrected chi connectivity index (χ0v) is 10.4. The van der Waals surface area contributed by atoms with Gasteiger partial charge in [0.15, 0.2) is 5.43 Å². The second-order valence-corrected chi connectivity index (χ2v) is 5.01. The largest absolute Gasteiger partial charge is 0.344 e. The fourth-order valence-electron chi connectivity index (χ4n) is 1.92. The highest BCUT2D eigenvalue weighted by molar-refractivity contribution is 7.24. The van der Waals surface area contributed by atoms with Gasteiger partial charge in [-0.05, 0) is 31.2 Å².